The molecule has 0 amide bonds. The Morgan fingerprint density at radius 1 is 1.37 bits per heavy atom. The fourth-order valence-electron chi connectivity index (χ4n) is 2.58. The number of hydrogen-bond donors (Lipinski definition) is 2. The minimum absolute atomic E-state index is 0.227. The number of phenolic OH excluding ortho intramolecular Hbond substituents is 1. The van der Waals surface area contributed by atoms with E-state index in [-0.39, 0.29) is 5.75 Å². The second-order valence-corrected chi connectivity index (χ2v) is 5.53. The van der Waals surface area contributed by atoms with Crippen molar-refractivity contribution in [2.75, 3.05) is 13.1 Å². The van der Waals surface area contributed by atoms with Crippen LogP contribution in [0.1, 0.15) is 32.3 Å². The van der Waals surface area contributed by atoms with Gasteiger partial charge < -0.3 is 15.3 Å². The first-order chi connectivity index (χ1) is 9.08. The molecule has 0 radical (unpaired) electrons. The van der Waals surface area contributed by atoms with Gasteiger partial charge in [0.1, 0.15) is 0 Å². The van der Waals surface area contributed by atoms with Gasteiger partial charge in [-0.2, -0.15) is 0 Å². The zero-order valence-corrected chi connectivity index (χ0v) is 11.7. The summed E-state index contributed by atoms with van der Waals surface area (Å²) in [6.45, 7) is 7.17. The fraction of sp³-hybridized carbons (Fsp3) is 0.600. The molecule has 1 aliphatic rings. The highest BCUT2D eigenvalue weighted by Crippen LogP contribution is 2.21. The molecule has 1 aromatic carbocycles. The molecule has 3 nitrogen and oxygen atoms in total. The molecule has 1 heterocycles. The number of nitrogens with zero attached hydrogens (tertiary/aromatic N) is 1. The highest BCUT2D eigenvalue weighted by atomic mass is 19.1. The van der Waals surface area contributed by atoms with E-state index in [1.54, 1.807) is 12.1 Å². The average molecular weight is 266 g/mol. The Kier molecular flexibility index (Phi) is 4.77. The normalized spacial score (nSPS) is 18.1. The molecular weight excluding hydrogens is 243 g/mol. The smallest absolute Gasteiger partial charge is 0.165 e. The topological polar surface area (TPSA) is 35.5 Å². The van der Waals surface area contributed by atoms with Crippen LogP contribution >= 0.6 is 0 Å². The lowest BCUT2D eigenvalue weighted by Crippen LogP contribution is -2.44. The van der Waals surface area contributed by atoms with E-state index < -0.39 is 5.82 Å². The second kappa shape index (κ2) is 6.35. The Balaban J connectivity index is 1.82. The Morgan fingerprint density at radius 3 is 2.68 bits per heavy atom. The van der Waals surface area contributed by atoms with Crippen LogP contribution in [0.25, 0.3) is 0 Å². The maximum atomic E-state index is 13.2. The number of hydrogen-bond acceptors (Lipinski definition) is 3. The molecule has 4 heteroatoms. The summed E-state index contributed by atoms with van der Waals surface area (Å²) in [7, 11) is 0. The number of nitrogens with one attached hydrogen (secondary N) is 1. The van der Waals surface area contributed by atoms with E-state index in [1.807, 2.05) is 0 Å². The first-order valence-electron chi connectivity index (χ1n) is 7.01. The first kappa shape index (κ1) is 14.3. The van der Waals surface area contributed by atoms with Crippen molar-refractivity contribution in [1.29, 1.82) is 0 Å². The van der Waals surface area contributed by atoms with Gasteiger partial charge in [-0.15, -0.1) is 0 Å². The van der Waals surface area contributed by atoms with Crippen molar-refractivity contribution in [3.63, 3.8) is 0 Å². The van der Waals surface area contributed by atoms with Gasteiger partial charge in [0, 0.05) is 24.2 Å². The van der Waals surface area contributed by atoms with Gasteiger partial charge in [0.2, 0.25) is 0 Å². The highest BCUT2D eigenvalue weighted by molar-refractivity contribution is 5.33. The molecule has 1 aliphatic heterocycles. The van der Waals surface area contributed by atoms with Gasteiger partial charge in [0.15, 0.2) is 11.6 Å². The summed E-state index contributed by atoms with van der Waals surface area (Å²) in [5.41, 5.74) is 0.631. The molecule has 0 bridgehead atoms. The van der Waals surface area contributed by atoms with Crippen molar-refractivity contribution in [2.45, 2.75) is 45.3 Å². The summed E-state index contributed by atoms with van der Waals surface area (Å²) in [5.74, 6) is -0.774. The number of piperidine rings is 1. The zero-order chi connectivity index (χ0) is 13.8. The minimum atomic E-state index is -0.547. The van der Waals surface area contributed by atoms with Gasteiger partial charge >= 0.3 is 0 Å². The lowest BCUT2D eigenvalue weighted by molar-refractivity contribution is 0.160. The molecule has 0 unspecified atom stereocenters. The molecule has 2 rings (SSSR count). The predicted molar refractivity (Wildman–Crippen MR) is 74.6 cm³/mol. The average Bonchev–Trinajstić information content (AvgIpc) is 2.41. The molecule has 0 atom stereocenters. The van der Waals surface area contributed by atoms with Crippen LogP contribution < -0.4 is 5.32 Å². The Hall–Kier alpha value is -1.13. The molecule has 0 aromatic heterocycles. The fourth-order valence-corrected chi connectivity index (χ4v) is 2.58. The maximum absolute atomic E-state index is 13.2. The lowest BCUT2D eigenvalue weighted by Gasteiger charge is -2.35. The number of likely N-dealkylation sites (tertiary alicyclic amines) is 1. The van der Waals surface area contributed by atoms with Gasteiger partial charge in [-0.3, -0.25) is 0 Å². The Bertz CT molecular complexity index is 415. The van der Waals surface area contributed by atoms with Crippen molar-refractivity contribution in [1.82, 2.24) is 10.2 Å². The third-order valence-corrected chi connectivity index (χ3v) is 3.91. The molecule has 0 spiro atoms. The van der Waals surface area contributed by atoms with Crippen LogP contribution in [0.5, 0.6) is 5.75 Å². The van der Waals surface area contributed by atoms with Crippen LogP contribution in [0, 0.1) is 5.82 Å². The number of para-hydroxylation sites is 1. The van der Waals surface area contributed by atoms with Crippen LogP contribution in [0.4, 0.5) is 4.39 Å². The van der Waals surface area contributed by atoms with Gasteiger partial charge in [-0.05, 0) is 45.8 Å². The molecule has 1 aromatic rings. The third kappa shape index (κ3) is 3.67. The summed E-state index contributed by atoms with van der Waals surface area (Å²) < 4.78 is 13.2. The van der Waals surface area contributed by atoms with Crippen LogP contribution in [0.3, 0.4) is 0 Å². The molecular formula is C15H23FN2O. The highest BCUT2D eigenvalue weighted by Gasteiger charge is 2.20. The number of halogens is 1. The number of rotatable bonds is 4. The molecule has 1 fully saturated rings. The van der Waals surface area contributed by atoms with Crippen LogP contribution in [-0.2, 0) is 6.54 Å². The third-order valence-electron chi connectivity index (χ3n) is 3.91. The monoisotopic (exact) mass is 266 g/mol. The van der Waals surface area contributed by atoms with E-state index in [9.17, 15) is 9.50 Å². The summed E-state index contributed by atoms with van der Waals surface area (Å²) in [6.07, 6.45) is 2.21. The van der Waals surface area contributed by atoms with E-state index in [2.05, 4.69) is 24.1 Å². The van der Waals surface area contributed by atoms with Crippen LogP contribution in [-0.4, -0.2) is 35.2 Å². The molecule has 0 saturated carbocycles. The predicted octanol–water partition coefficient (Wildman–Crippen LogP) is 2.49. The summed E-state index contributed by atoms with van der Waals surface area (Å²) in [5, 5.41) is 13.0. The van der Waals surface area contributed by atoms with Crippen LogP contribution in [0.15, 0.2) is 18.2 Å². The van der Waals surface area contributed by atoms with Gasteiger partial charge in [0.25, 0.3) is 0 Å². The largest absolute Gasteiger partial charge is 0.505 e. The van der Waals surface area contributed by atoms with Crippen molar-refractivity contribution >= 4 is 0 Å². The molecule has 2 N–H and O–H groups in total. The van der Waals surface area contributed by atoms with Gasteiger partial charge in [-0.1, -0.05) is 12.1 Å². The maximum Gasteiger partial charge on any atom is 0.165 e. The Labute approximate surface area is 114 Å². The van der Waals surface area contributed by atoms with E-state index in [0.29, 0.717) is 24.2 Å². The van der Waals surface area contributed by atoms with Crippen molar-refractivity contribution in [3.05, 3.63) is 29.6 Å². The van der Waals surface area contributed by atoms with Crippen molar-refractivity contribution in [2.24, 2.45) is 0 Å². The molecule has 0 aliphatic carbocycles. The number of phenols is 1. The standard InChI is InChI=1S/C15H23FN2O/c1-11(2)18-8-6-13(7-9-18)17-10-12-4-3-5-14(16)15(12)19/h3-5,11,13,17,19H,6-10H2,1-2H3. The zero-order valence-electron chi connectivity index (χ0n) is 11.7. The lowest BCUT2D eigenvalue weighted by atomic mass is 10.0. The van der Waals surface area contributed by atoms with E-state index in [1.165, 1.54) is 6.07 Å². The molecule has 19 heavy (non-hydrogen) atoms. The van der Waals surface area contributed by atoms with E-state index in [4.69, 9.17) is 0 Å². The summed E-state index contributed by atoms with van der Waals surface area (Å²) >= 11 is 0. The van der Waals surface area contributed by atoms with Gasteiger partial charge in [-0.25, -0.2) is 4.39 Å². The van der Waals surface area contributed by atoms with Gasteiger partial charge in [0.05, 0.1) is 0 Å². The van der Waals surface area contributed by atoms with Crippen LogP contribution in [0.2, 0.25) is 0 Å². The van der Waals surface area contributed by atoms with Crippen molar-refractivity contribution < 1.29 is 9.50 Å². The number of benzene rings is 1. The second-order valence-electron chi connectivity index (χ2n) is 5.53. The molecule has 1 saturated heterocycles. The van der Waals surface area contributed by atoms with Crippen molar-refractivity contribution in [3.8, 4) is 5.75 Å². The SMILES string of the molecule is CC(C)N1CCC(NCc2cccc(F)c2O)CC1. The van der Waals surface area contributed by atoms with E-state index in [0.717, 1.165) is 25.9 Å². The molecule has 106 valence electrons. The Morgan fingerprint density at radius 2 is 2.05 bits per heavy atom. The number of aromatic hydroxyl groups is 1. The van der Waals surface area contributed by atoms with E-state index >= 15 is 0 Å². The summed E-state index contributed by atoms with van der Waals surface area (Å²) in [6, 6.07) is 5.73. The quantitative estimate of drug-likeness (QED) is 0.879. The summed E-state index contributed by atoms with van der Waals surface area (Å²) in [4.78, 5) is 2.47. The first-order valence-corrected chi connectivity index (χ1v) is 7.01. The minimum Gasteiger partial charge on any atom is -0.505 e.